The summed E-state index contributed by atoms with van der Waals surface area (Å²) in [6.07, 6.45) is 0.0223. The van der Waals surface area contributed by atoms with Crippen LogP contribution < -0.4 is 5.32 Å². The van der Waals surface area contributed by atoms with Crippen molar-refractivity contribution >= 4 is 80.7 Å². The van der Waals surface area contributed by atoms with Gasteiger partial charge < -0.3 is 14.8 Å². The number of hydrogen-bond donors (Lipinski definition) is 1. The van der Waals surface area contributed by atoms with Gasteiger partial charge >= 0.3 is 11.9 Å². The van der Waals surface area contributed by atoms with Gasteiger partial charge in [0.05, 0.1) is 22.1 Å². The predicted octanol–water partition coefficient (Wildman–Crippen LogP) is 1.91. The molecule has 3 atom stereocenters. The molecule has 3 rings (SSSR count). The number of rotatable bonds is 6. The van der Waals surface area contributed by atoms with Gasteiger partial charge in [0.2, 0.25) is 9.70 Å². The van der Waals surface area contributed by atoms with E-state index in [9.17, 15) is 23.4 Å². The Bertz CT molecular complexity index is 1050. The molecule has 1 aromatic heterocycles. The van der Waals surface area contributed by atoms with Gasteiger partial charge in [-0.1, -0.05) is 47.4 Å². The zero-order valence-electron chi connectivity index (χ0n) is 16.3. The number of ether oxygens (including phenoxy) is 2. The molecule has 1 fully saturated rings. The molecular weight excluding hydrogens is 527 g/mol. The van der Waals surface area contributed by atoms with Gasteiger partial charge in [-0.05, 0) is 11.4 Å². The first-order chi connectivity index (χ1) is 14.9. The fraction of sp³-hybridized carbons (Fsp3) is 0.333. The van der Waals surface area contributed by atoms with Crippen LogP contribution in [-0.4, -0.2) is 54.7 Å². The van der Waals surface area contributed by atoms with E-state index in [-0.39, 0.29) is 11.3 Å². The molecule has 2 aliphatic heterocycles. The summed E-state index contributed by atoms with van der Waals surface area (Å²) in [5, 5.41) is 3.17. The maximum Gasteiger partial charge on any atom is 0.359 e. The molecule has 172 valence electrons. The van der Waals surface area contributed by atoms with Crippen molar-refractivity contribution in [2.24, 2.45) is 0 Å². The van der Waals surface area contributed by atoms with E-state index in [2.05, 4.69) is 11.9 Å². The van der Waals surface area contributed by atoms with Crippen LogP contribution in [0.2, 0.25) is 0 Å². The van der Waals surface area contributed by atoms with Crippen molar-refractivity contribution in [3.05, 3.63) is 45.3 Å². The molecule has 14 heteroatoms. The van der Waals surface area contributed by atoms with Crippen LogP contribution in [0.4, 0.5) is 0 Å². The maximum atomic E-state index is 12.9. The fourth-order valence-electron chi connectivity index (χ4n) is 2.98. The van der Waals surface area contributed by atoms with Crippen LogP contribution in [0.25, 0.3) is 0 Å². The highest BCUT2D eigenvalue weighted by molar-refractivity contribution is 7.90. The first-order valence-electron chi connectivity index (χ1n) is 8.82. The highest BCUT2D eigenvalue weighted by atomic mass is 35.6. The summed E-state index contributed by atoms with van der Waals surface area (Å²) in [5.41, 5.74) is -0.516. The molecule has 32 heavy (non-hydrogen) atoms. The maximum absolute atomic E-state index is 12.9. The van der Waals surface area contributed by atoms with Crippen LogP contribution >= 0.6 is 46.1 Å². The third-order valence-electron chi connectivity index (χ3n) is 4.25. The topological polar surface area (TPSA) is 119 Å². The van der Waals surface area contributed by atoms with Gasteiger partial charge in [-0.25, -0.2) is 4.79 Å². The van der Waals surface area contributed by atoms with Gasteiger partial charge in [-0.15, -0.1) is 11.3 Å². The number of nitrogens with zero attached hydrogens (tertiary/aromatic N) is 1. The normalized spacial score (nSPS) is 22.8. The Labute approximate surface area is 203 Å². The van der Waals surface area contributed by atoms with Crippen molar-refractivity contribution in [3.8, 4) is 0 Å². The minimum absolute atomic E-state index is 0.0223. The second kappa shape index (κ2) is 9.52. The first kappa shape index (κ1) is 24.7. The zero-order valence-corrected chi connectivity index (χ0v) is 20.2. The van der Waals surface area contributed by atoms with Crippen LogP contribution in [0.3, 0.4) is 0 Å². The van der Waals surface area contributed by atoms with Crippen LogP contribution in [0, 0.1) is 0 Å². The lowest BCUT2D eigenvalue weighted by molar-refractivity contribution is -0.154. The minimum atomic E-state index is -2.01. The molecule has 9 nitrogen and oxygen atoms in total. The molecule has 1 aromatic rings. The second-order valence-corrected chi connectivity index (χ2v) is 11.7. The smallest absolute Gasteiger partial charge is 0.359 e. The summed E-state index contributed by atoms with van der Waals surface area (Å²) < 4.78 is 20.9. The predicted molar refractivity (Wildman–Crippen MR) is 118 cm³/mol. The van der Waals surface area contributed by atoms with Crippen molar-refractivity contribution in [1.82, 2.24) is 10.2 Å². The Morgan fingerprint density at radius 2 is 2.03 bits per heavy atom. The van der Waals surface area contributed by atoms with E-state index in [0.29, 0.717) is 0 Å². The summed E-state index contributed by atoms with van der Waals surface area (Å²) >= 11 is 18.1. The van der Waals surface area contributed by atoms with Gasteiger partial charge in [0, 0.05) is 11.8 Å². The Hall–Kier alpha value is -1.92. The Morgan fingerprint density at radius 3 is 2.59 bits per heavy atom. The number of esters is 2. The number of amides is 2. The summed E-state index contributed by atoms with van der Waals surface area (Å²) in [7, 11) is -2.01. The molecule has 3 heterocycles. The number of thiophene rings is 1. The molecule has 0 saturated carbocycles. The van der Waals surface area contributed by atoms with Crippen molar-refractivity contribution < 1.29 is 32.9 Å². The lowest BCUT2D eigenvalue weighted by Crippen LogP contribution is -2.73. The number of carbonyl (C=O) groups excluding carboxylic acids is 4. The van der Waals surface area contributed by atoms with Crippen LogP contribution in [0.1, 0.15) is 11.8 Å². The van der Waals surface area contributed by atoms with E-state index in [1.54, 1.807) is 17.5 Å². The molecule has 1 saturated heterocycles. The third kappa shape index (κ3) is 5.18. The molecular formula is C18H15Cl3N2O7S2. The molecule has 2 aliphatic rings. The van der Waals surface area contributed by atoms with Gasteiger partial charge in [-0.2, -0.15) is 0 Å². The van der Waals surface area contributed by atoms with Gasteiger partial charge in [-0.3, -0.25) is 23.5 Å². The molecule has 0 radical (unpaired) electrons. The van der Waals surface area contributed by atoms with Gasteiger partial charge in [0.1, 0.15) is 18.0 Å². The average Bonchev–Trinajstić information content (AvgIpc) is 3.20. The van der Waals surface area contributed by atoms with Crippen LogP contribution in [0.5, 0.6) is 0 Å². The highest BCUT2D eigenvalue weighted by Crippen LogP contribution is 2.40. The number of alkyl halides is 3. The van der Waals surface area contributed by atoms with E-state index in [1.807, 2.05) is 0 Å². The van der Waals surface area contributed by atoms with Crippen molar-refractivity contribution in [1.29, 1.82) is 0 Å². The minimum Gasteiger partial charge on any atom is -0.456 e. The Balaban J connectivity index is 1.88. The summed E-state index contributed by atoms with van der Waals surface area (Å²) in [4.78, 5) is 50.8. The molecule has 1 N–H and O–H groups in total. The summed E-state index contributed by atoms with van der Waals surface area (Å²) in [6.45, 7) is 4.00. The standard InChI is InChI=1S/C18H15Cl3N2O7S2/c1-8-14(30-9(2)24)13(17(27)29-7-18(19,20)21)23-15(26)12(16(23)32(8)28)22-11(25)6-10-4-3-5-31-10/h3-5,12,16H,1,6-7H2,2H3,(H,22,25)/t12?,16-,32?/m0/s1. The molecule has 2 amide bonds. The first-order valence-corrected chi connectivity index (χ1v) is 12.0. The second-order valence-electron chi connectivity index (χ2n) is 6.58. The number of halogens is 3. The Morgan fingerprint density at radius 1 is 1.34 bits per heavy atom. The lowest BCUT2D eigenvalue weighted by atomic mass is 10.0. The SMILES string of the molecule is C=C1C(OC(C)=O)=C(C(=O)OCC(Cl)(Cl)Cl)N2C(=O)C(NC(=O)Cc3cccs3)[C@@H]2S1=O. The fourth-order valence-corrected chi connectivity index (χ4v) is 5.30. The number of fused-ring (bicyclic) bond motifs is 1. The van der Waals surface area contributed by atoms with E-state index in [1.165, 1.54) is 11.3 Å². The van der Waals surface area contributed by atoms with Crippen molar-refractivity contribution in [2.45, 2.75) is 28.6 Å². The monoisotopic (exact) mass is 540 g/mol. The van der Waals surface area contributed by atoms with Gasteiger partial charge in [0.15, 0.2) is 11.5 Å². The van der Waals surface area contributed by atoms with E-state index >= 15 is 0 Å². The van der Waals surface area contributed by atoms with Crippen molar-refractivity contribution in [3.63, 3.8) is 0 Å². The number of β-lactam (4-membered cyclic amide) rings is 1. The van der Waals surface area contributed by atoms with Gasteiger partial charge in [0.25, 0.3) is 5.91 Å². The number of carbonyl (C=O) groups is 4. The highest BCUT2D eigenvalue weighted by Gasteiger charge is 2.59. The zero-order chi connectivity index (χ0) is 23.8. The van der Waals surface area contributed by atoms with E-state index < -0.39 is 67.8 Å². The van der Waals surface area contributed by atoms with Crippen molar-refractivity contribution in [2.75, 3.05) is 6.61 Å². The number of hydrogen-bond acceptors (Lipinski definition) is 8. The Kier molecular flexibility index (Phi) is 7.35. The molecule has 0 spiro atoms. The van der Waals surface area contributed by atoms with Crippen LogP contribution in [0.15, 0.2) is 40.5 Å². The van der Waals surface area contributed by atoms with E-state index in [4.69, 9.17) is 44.3 Å². The summed E-state index contributed by atoms with van der Waals surface area (Å²) in [5.74, 6) is -3.72. The molecule has 0 bridgehead atoms. The number of nitrogens with one attached hydrogen (secondary N) is 1. The average molecular weight is 542 g/mol. The van der Waals surface area contributed by atoms with Crippen LogP contribution in [-0.2, 0) is 45.9 Å². The lowest BCUT2D eigenvalue weighted by Gasteiger charge is -2.49. The molecule has 0 aromatic carbocycles. The molecule has 0 aliphatic carbocycles. The quantitative estimate of drug-likeness (QED) is 0.332. The van der Waals surface area contributed by atoms with E-state index in [0.717, 1.165) is 16.7 Å². The largest absolute Gasteiger partial charge is 0.456 e. The third-order valence-corrected chi connectivity index (χ3v) is 7.05. The summed E-state index contributed by atoms with van der Waals surface area (Å²) in [6, 6.07) is 2.35. The molecule has 2 unspecified atom stereocenters.